The van der Waals surface area contributed by atoms with Crippen LogP contribution in [0.25, 0.3) is 0 Å². The minimum absolute atomic E-state index is 0.249. The summed E-state index contributed by atoms with van der Waals surface area (Å²) in [4.78, 5) is 2.35. The number of halogens is 1. The number of anilines is 1. The zero-order valence-electron chi connectivity index (χ0n) is 12.6. The van der Waals surface area contributed by atoms with Crippen LogP contribution in [0.15, 0.2) is 22.7 Å². The molecule has 0 fully saturated rings. The molecule has 2 atom stereocenters. The Balaban J connectivity index is 2.81. The van der Waals surface area contributed by atoms with Gasteiger partial charge in [-0.15, -0.1) is 0 Å². The molecular weight excluding hydrogens is 300 g/mol. The quantitative estimate of drug-likeness (QED) is 0.806. The smallest absolute Gasteiger partial charge is 0.0377 e. The molecule has 0 aromatic heterocycles. The van der Waals surface area contributed by atoms with Crippen LogP contribution in [0.2, 0.25) is 0 Å². The molecule has 2 nitrogen and oxygen atoms in total. The van der Waals surface area contributed by atoms with Gasteiger partial charge in [0.1, 0.15) is 0 Å². The summed E-state index contributed by atoms with van der Waals surface area (Å²) in [5.74, 6) is 0. The van der Waals surface area contributed by atoms with Gasteiger partial charge in [0.05, 0.1) is 0 Å². The van der Waals surface area contributed by atoms with Gasteiger partial charge in [0.25, 0.3) is 0 Å². The first-order valence-corrected chi connectivity index (χ1v) is 8.05. The van der Waals surface area contributed by atoms with E-state index in [0.29, 0.717) is 6.04 Å². The molecule has 0 heterocycles. The molecule has 0 amide bonds. The topological polar surface area (TPSA) is 29.3 Å². The van der Waals surface area contributed by atoms with Crippen molar-refractivity contribution in [1.29, 1.82) is 0 Å². The average Bonchev–Trinajstić information content (AvgIpc) is 2.40. The Morgan fingerprint density at radius 2 is 2.00 bits per heavy atom. The van der Waals surface area contributed by atoms with Gasteiger partial charge in [-0.05, 0) is 43.9 Å². The number of nitrogens with zero attached hydrogens (tertiary/aromatic N) is 1. The second kappa shape index (κ2) is 7.91. The van der Waals surface area contributed by atoms with E-state index in [1.165, 1.54) is 28.6 Å². The maximum atomic E-state index is 6.03. The van der Waals surface area contributed by atoms with E-state index in [2.05, 4.69) is 66.8 Å². The molecule has 3 heteroatoms. The molecule has 0 aliphatic heterocycles. The summed E-state index contributed by atoms with van der Waals surface area (Å²) in [7, 11) is 2.17. The molecule has 1 rings (SSSR count). The Bertz CT molecular complexity index is 392. The maximum Gasteiger partial charge on any atom is 0.0377 e. The Kier molecular flexibility index (Phi) is 6.87. The summed E-state index contributed by atoms with van der Waals surface area (Å²) in [5.41, 5.74) is 8.59. The molecule has 0 aliphatic rings. The number of rotatable bonds is 7. The van der Waals surface area contributed by atoms with Crippen LogP contribution in [0.3, 0.4) is 0 Å². The molecule has 2 N–H and O–H groups in total. The van der Waals surface area contributed by atoms with E-state index in [4.69, 9.17) is 5.73 Å². The zero-order chi connectivity index (χ0) is 14.4. The fourth-order valence-electron chi connectivity index (χ4n) is 2.21. The van der Waals surface area contributed by atoms with Crippen molar-refractivity contribution in [3.05, 3.63) is 28.2 Å². The van der Waals surface area contributed by atoms with Crippen LogP contribution in [-0.4, -0.2) is 19.1 Å². The normalized spacial score (nSPS) is 14.2. The second-order valence-electron chi connectivity index (χ2n) is 5.40. The van der Waals surface area contributed by atoms with Crippen LogP contribution < -0.4 is 10.6 Å². The number of hydrogen-bond acceptors (Lipinski definition) is 2. The van der Waals surface area contributed by atoms with Crippen LogP contribution in [0.4, 0.5) is 5.69 Å². The van der Waals surface area contributed by atoms with Crippen LogP contribution in [0, 0.1) is 0 Å². The van der Waals surface area contributed by atoms with Gasteiger partial charge in [-0.1, -0.05) is 42.3 Å². The lowest BCUT2D eigenvalue weighted by atomic mass is 10.0. The van der Waals surface area contributed by atoms with Gasteiger partial charge in [-0.25, -0.2) is 0 Å². The van der Waals surface area contributed by atoms with E-state index in [1.54, 1.807) is 0 Å². The lowest BCUT2D eigenvalue weighted by molar-refractivity contribution is 0.615. The maximum absolute atomic E-state index is 6.03. The SMILES string of the molecule is CCCC(C)N(C)c1ccc(CC(N)CC)c(Br)c1. The van der Waals surface area contributed by atoms with Crippen molar-refractivity contribution < 1.29 is 0 Å². The van der Waals surface area contributed by atoms with Crippen molar-refractivity contribution in [2.45, 2.75) is 58.5 Å². The van der Waals surface area contributed by atoms with Gasteiger partial charge >= 0.3 is 0 Å². The summed E-state index contributed by atoms with van der Waals surface area (Å²) in [6.07, 6.45) is 4.39. The summed E-state index contributed by atoms with van der Waals surface area (Å²) in [6.45, 7) is 6.64. The van der Waals surface area contributed by atoms with Gasteiger partial charge in [0, 0.05) is 29.3 Å². The Morgan fingerprint density at radius 3 is 2.53 bits per heavy atom. The second-order valence-corrected chi connectivity index (χ2v) is 6.25. The van der Waals surface area contributed by atoms with E-state index in [-0.39, 0.29) is 6.04 Å². The van der Waals surface area contributed by atoms with E-state index in [0.717, 1.165) is 12.8 Å². The lowest BCUT2D eigenvalue weighted by Crippen LogP contribution is -2.28. The summed E-state index contributed by atoms with van der Waals surface area (Å²) < 4.78 is 1.17. The number of benzene rings is 1. The molecule has 0 aliphatic carbocycles. The van der Waals surface area contributed by atoms with Gasteiger partial charge in [0.2, 0.25) is 0 Å². The molecule has 1 aromatic rings. The molecule has 0 saturated carbocycles. The molecule has 0 radical (unpaired) electrons. The highest BCUT2D eigenvalue weighted by Crippen LogP contribution is 2.26. The van der Waals surface area contributed by atoms with E-state index < -0.39 is 0 Å². The Labute approximate surface area is 126 Å². The Morgan fingerprint density at radius 1 is 1.32 bits per heavy atom. The molecule has 0 bridgehead atoms. The third kappa shape index (κ3) is 4.81. The van der Waals surface area contributed by atoms with Crippen LogP contribution in [-0.2, 0) is 6.42 Å². The third-order valence-corrected chi connectivity index (χ3v) is 4.56. The predicted octanol–water partition coefficient (Wildman–Crippen LogP) is 4.35. The number of hydrogen-bond donors (Lipinski definition) is 1. The fourth-order valence-corrected chi connectivity index (χ4v) is 2.74. The van der Waals surface area contributed by atoms with Crippen LogP contribution in [0.5, 0.6) is 0 Å². The molecule has 0 spiro atoms. The first-order valence-electron chi connectivity index (χ1n) is 7.26. The van der Waals surface area contributed by atoms with E-state index in [9.17, 15) is 0 Å². The highest BCUT2D eigenvalue weighted by atomic mass is 79.9. The third-order valence-electron chi connectivity index (χ3n) is 3.82. The Hall–Kier alpha value is -0.540. The van der Waals surface area contributed by atoms with Crippen molar-refractivity contribution in [3.8, 4) is 0 Å². The van der Waals surface area contributed by atoms with Crippen molar-refractivity contribution >= 4 is 21.6 Å². The monoisotopic (exact) mass is 326 g/mol. The molecule has 1 aromatic carbocycles. The van der Waals surface area contributed by atoms with Crippen molar-refractivity contribution in [1.82, 2.24) is 0 Å². The van der Waals surface area contributed by atoms with Crippen molar-refractivity contribution in [2.75, 3.05) is 11.9 Å². The number of nitrogens with two attached hydrogens (primary N) is 1. The molecule has 108 valence electrons. The van der Waals surface area contributed by atoms with Gasteiger partial charge < -0.3 is 10.6 Å². The zero-order valence-corrected chi connectivity index (χ0v) is 14.2. The fraction of sp³-hybridized carbons (Fsp3) is 0.625. The molecule has 2 unspecified atom stereocenters. The predicted molar refractivity (Wildman–Crippen MR) is 88.9 cm³/mol. The first-order chi connectivity index (χ1) is 8.99. The lowest BCUT2D eigenvalue weighted by Gasteiger charge is -2.27. The molecule has 19 heavy (non-hydrogen) atoms. The van der Waals surface area contributed by atoms with E-state index >= 15 is 0 Å². The summed E-state index contributed by atoms with van der Waals surface area (Å²) >= 11 is 3.68. The van der Waals surface area contributed by atoms with Gasteiger partial charge in [0.15, 0.2) is 0 Å². The van der Waals surface area contributed by atoms with Crippen LogP contribution in [0.1, 0.15) is 45.6 Å². The minimum atomic E-state index is 0.249. The van der Waals surface area contributed by atoms with Crippen molar-refractivity contribution in [3.63, 3.8) is 0 Å². The largest absolute Gasteiger partial charge is 0.372 e. The standard InChI is InChI=1S/C16H27BrN2/c1-5-7-12(3)19(4)15-9-8-13(16(17)11-15)10-14(18)6-2/h8-9,11-12,14H,5-7,10,18H2,1-4H3. The molecule has 0 saturated heterocycles. The summed E-state index contributed by atoms with van der Waals surface area (Å²) in [5, 5.41) is 0. The highest BCUT2D eigenvalue weighted by Gasteiger charge is 2.11. The minimum Gasteiger partial charge on any atom is -0.372 e. The summed E-state index contributed by atoms with van der Waals surface area (Å²) in [6, 6.07) is 7.43. The molecular formula is C16H27BrN2. The first kappa shape index (κ1) is 16.5. The van der Waals surface area contributed by atoms with Crippen LogP contribution >= 0.6 is 15.9 Å². The average molecular weight is 327 g/mol. The van der Waals surface area contributed by atoms with E-state index in [1.807, 2.05) is 0 Å². The highest BCUT2D eigenvalue weighted by molar-refractivity contribution is 9.10. The van der Waals surface area contributed by atoms with Gasteiger partial charge in [-0.3, -0.25) is 0 Å². The van der Waals surface area contributed by atoms with Gasteiger partial charge in [-0.2, -0.15) is 0 Å². The van der Waals surface area contributed by atoms with Crippen molar-refractivity contribution in [2.24, 2.45) is 5.73 Å².